The zero-order valence-electron chi connectivity index (χ0n) is 8.76. The lowest BCUT2D eigenvalue weighted by Gasteiger charge is -2.30. The lowest BCUT2D eigenvalue weighted by molar-refractivity contribution is 0.306. The van der Waals surface area contributed by atoms with E-state index in [-0.39, 0.29) is 0 Å². The zero-order valence-corrected chi connectivity index (χ0v) is 10.3. The third-order valence-electron chi connectivity index (χ3n) is 3.97. The molecule has 1 nitrogen and oxygen atoms in total. The van der Waals surface area contributed by atoms with Crippen molar-refractivity contribution >= 4 is 22.9 Å². The van der Waals surface area contributed by atoms with Gasteiger partial charge in [-0.05, 0) is 56.8 Å². The van der Waals surface area contributed by atoms with Gasteiger partial charge in [0.05, 0.1) is 4.34 Å². The molecule has 1 saturated carbocycles. The third kappa shape index (κ3) is 1.73. The first-order valence-electron chi connectivity index (χ1n) is 5.78. The zero-order chi connectivity index (χ0) is 10.3. The molecule has 1 N–H and O–H groups in total. The maximum atomic E-state index is 6.04. The van der Waals surface area contributed by atoms with Gasteiger partial charge < -0.3 is 5.32 Å². The molecule has 1 aliphatic carbocycles. The van der Waals surface area contributed by atoms with Crippen LogP contribution in [0.2, 0.25) is 4.34 Å². The molecule has 1 aliphatic heterocycles. The van der Waals surface area contributed by atoms with Gasteiger partial charge in [0.25, 0.3) is 0 Å². The number of nitrogens with one attached hydrogen (secondary N) is 1. The number of halogens is 1. The Balaban J connectivity index is 1.83. The predicted molar refractivity (Wildman–Crippen MR) is 65.8 cm³/mol. The molecule has 1 saturated heterocycles. The number of thiophene rings is 1. The average Bonchev–Trinajstić information content (AvgIpc) is 2.98. The second-order valence-electron chi connectivity index (χ2n) is 4.78. The van der Waals surface area contributed by atoms with E-state index in [1.54, 1.807) is 16.2 Å². The Bertz CT molecular complexity index is 350. The van der Waals surface area contributed by atoms with Crippen LogP contribution in [0.4, 0.5) is 0 Å². The Kier molecular flexibility index (Phi) is 2.54. The van der Waals surface area contributed by atoms with Crippen LogP contribution in [0.5, 0.6) is 0 Å². The molecule has 82 valence electrons. The van der Waals surface area contributed by atoms with Gasteiger partial charge in [-0.2, -0.15) is 0 Å². The molecule has 15 heavy (non-hydrogen) atoms. The van der Waals surface area contributed by atoms with Crippen molar-refractivity contribution in [1.82, 2.24) is 5.32 Å². The molecule has 1 aromatic heterocycles. The highest BCUT2D eigenvalue weighted by atomic mass is 35.5. The van der Waals surface area contributed by atoms with Crippen molar-refractivity contribution in [3.63, 3.8) is 0 Å². The molecular weight excluding hydrogens is 226 g/mol. The van der Waals surface area contributed by atoms with Gasteiger partial charge in [0.1, 0.15) is 0 Å². The van der Waals surface area contributed by atoms with Gasteiger partial charge in [-0.3, -0.25) is 0 Å². The van der Waals surface area contributed by atoms with Crippen molar-refractivity contribution in [2.75, 3.05) is 13.1 Å². The van der Waals surface area contributed by atoms with Crippen molar-refractivity contribution in [2.24, 2.45) is 5.92 Å². The van der Waals surface area contributed by atoms with Crippen molar-refractivity contribution < 1.29 is 0 Å². The second kappa shape index (κ2) is 3.76. The van der Waals surface area contributed by atoms with Gasteiger partial charge in [-0.25, -0.2) is 0 Å². The topological polar surface area (TPSA) is 12.0 Å². The first-order chi connectivity index (χ1) is 7.31. The largest absolute Gasteiger partial charge is 0.317 e. The summed E-state index contributed by atoms with van der Waals surface area (Å²) in [5.74, 6) is 0.897. The average molecular weight is 242 g/mol. The van der Waals surface area contributed by atoms with E-state index in [9.17, 15) is 0 Å². The van der Waals surface area contributed by atoms with Crippen LogP contribution in [-0.2, 0) is 5.41 Å². The summed E-state index contributed by atoms with van der Waals surface area (Å²) in [6.07, 6.45) is 5.45. The third-order valence-corrected chi connectivity index (χ3v) is 5.42. The van der Waals surface area contributed by atoms with Crippen LogP contribution in [0, 0.1) is 5.92 Å². The minimum Gasteiger partial charge on any atom is -0.317 e. The maximum Gasteiger partial charge on any atom is 0.0931 e. The molecule has 0 radical (unpaired) electrons. The second-order valence-corrected chi connectivity index (χ2v) is 6.50. The van der Waals surface area contributed by atoms with E-state index in [0.717, 1.165) is 10.3 Å². The number of rotatable bonds is 2. The lowest BCUT2D eigenvalue weighted by Crippen LogP contribution is -2.33. The molecule has 0 atom stereocenters. The van der Waals surface area contributed by atoms with Gasteiger partial charge in [0.15, 0.2) is 0 Å². The normalized spacial score (nSPS) is 25.4. The smallest absolute Gasteiger partial charge is 0.0931 e. The molecule has 0 spiro atoms. The van der Waals surface area contributed by atoms with Gasteiger partial charge in [0.2, 0.25) is 0 Å². The summed E-state index contributed by atoms with van der Waals surface area (Å²) in [4.78, 5) is 1.54. The van der Waals surface area contributed by atoms with E-state index in [0.29, 0.717) is 5.41 Å². The monoisotopic (exact) mass is 241 g/mol. The molecule has 3 heteroatoms. The Hall–Kier alpha value is -0.0500. The number of hydrogen-bond acceptors (Lipinski definition) is 2. The summed E-state index contributed by atoms with van der Waals surface area (Å²) in [7, 11) is 0. The molecule has 2 fully saturated rings. The summed E-state index contributed by atoms with van der Waals surface area (Å²) >= 11 is 7.84. The first-order valence-corrected chi connectivity index (χ1v) is 6.97. The Morgan fingerprint density at radius 3 is 2.53 bits per heavy atom. The minimum atomic E-state index is 0.528. The maximum absolute atomic E-state index is 6.04. The number of hydrogen-bond donors (Lipinski definition) is 1. The van der Waals surface area contributed by atoms with Gasteiger partial charge in [-0.15, -0.1) is 11.3 Å². The Morgan fingerprint density at radius 2 is 2.00 bits per heavy atom. The van der Waals surface area contributed by atoms with E-state index in [4.69, 9.17) is 11.6 Å². The van der Waals surface area contributed by atoms with E-state index in [1.165, 1.54) is 38.8 Å². The molecule has 0 amide bonds. The summed E-state index contributed by atoms with van der Waals surface area (Å²) in [5.41, 5.74) is 0.528. The summed E-state index contributed by atoms with van der Waals surface area (Å²) in [5, 5.41) is 3.45. The van der Waals surface area contributed by atoms with Crippen molar-refractivity contribution in [3.8, 4) is 0 Å². The van der Waals surface area contributed by atoms with Crippen molar-refractivity contribution in [2.45, 2.75) is 31.1 Å². The van der Waals surface area contributed by atoms with E-state index < -0.39 is 0 Å². The standard InChI is InChI=1S/C12H16ClNS/c13-11-2-1-10(15-11)12(5-6-12)9-3-7-14-8-4-9/h1-2,9,14H,3-8H2. The first kappa shape index (κ1) is 10.1. The number of piperidine rings is 1. The van der Waals surface area contributed by atoms with Crippen LogP contribution < -0.4 is 5.32 Å². The molecule has 2 aliphatic rings. The van der Waals surface area contributed by atoms with Gasteiger partial charge >= 0.3 is 0 Å². The highest BCUT2D eigenvalue weighted by Crippen LogP contribution is 2.58. The van der Waals surface area contributed by atoms with Crippen molar-refractivity contribution in [1.29, 1.82) is 0 Å². The van der Waals surface area contributed by atoms with Crippen LogP contribution in [0.1, 0.15) is 30.6 Å². The quantitative estimate of drug-likeness (QED) is 0.837. The molecule has 0 unspecified atom stereocenters. The van der Waals surface area contributed by atoms with Gasteiger partial charge in [0, 0.05) is 10.3 Å². The van der Waals surface area contributed by atoms with Crippen LogP contribution in [0.3, 0.4) is 0 Å². The van der Waals surface area contributed by atoms with E-state index in [2.05, 4.69) is 17.4 Å². The fourth-order valence-electron chi connectivity index (χ4n) is 2.95. The van der Waals surface area contributed by atoms with Crippen molar-refractivity contribution in [3.05, 3.63) is 21.3 Å². The summed E-state index contributed by atoms with van der Waals surface area (Å²) in [6, 6.07) is 4.31. The van der Waals surface area contributed by atoms with E-state index in [1.807, 2.05) is 0 Å². The van der Waals surface area contributed by atoms with Crippen LogP contribution in [0.15, 0.2) is 12.1 Å². The minimum absolute atomic E-state index is 0.528. The predicted octanol–water partition coefficient (Wildman–Crippen LogP) is 3.43. The SMILES string of the molecule is Clc1ccc(C2(C3CCNCC3)CC2)s1. The molecular formula is C12H16ClNS. The summed E-state index contributed by atoms with van der Waals surface area (Å²) < 4.78 is 0.949. The van der Waals surface area contributed by atoms with Crippen LogP contribution >= 0.6 is 22.9 Å². The molecule has 1 aromatic rings. The fourth-order valence-corrected chi connectivity index (χ4v) is 4.32. The molecule has 2 heterocycles. The molecule has 3 rings (SSSR count). The van der Waals surface area contributed by atoms with E-state index >= 15 is 0 Å². The summed E-state index contributed by atoms with van der Waals surface area (Å²) in [6.45, 7) is 2.40. The molecule has 0 bridgehead atoms. The Labute approximate surface area is 99.8 Å². The highest BCUT2D eigenvalue weighted by molar-refractivity contribution is 7.16. The fraction of sp³-hybridized carbons (Fsp3) is 0.667. The Morgan fingerprint density at radius 1 is 1.27 bits per heavy atom. The molecule has 0 aromatic carbocycles. The van der Waals surface area contributed by atoms with Gasteiger partial charge in [-0.1, -0.05) is 11.6 Å². The van der Waals surface area contributed by atoms with Crippen LogP contribution in [-0.4, -0.2) is 13.1 Å². The lowest BCUT2D eigenvalue weighted by atomic mass is 9.81. The van der Waals surface area contributed by atoms with Crippen LogP contribution in [0.25, 0.3) is 0 Å². The highest BCUT2D eigenvalue weighted by Gasteiger charge is 2.51.